The molecule has 4 nitrogen and oxygen atoms in total. The summed E-state index contributed by atoms with van der Waals surface area (Å²) in [5.74, 6) is -0.933. The minimum Gasteiger partial charge on any atom is -0.507 e. The van der Waals surface area contributed by atoms with Crippen molar-refractivity contribution in [2.24, 2.45) is 5.73 Å². The molecule has 1 aromatic carbocycles. The van der Waals surface area contributed by atoms with Crippen LogP contribution in [0.25, 0.3) is 0 Å². The Morgan fingerprint density at radius 2 is 2.06 bits per heavy atom. The Morgan fingerprint density at radius 1 is 1.50 bits per heavy atom. The number of aromatic hydroxyl groups is 1. The van der Waals surface area contributed by atoms with Crippen LogP contribution in [-0.4, -0.2) is 22.2 Å². The van der Waals surface area contributed by atoms with E-state index in [-0.39, 0.29) is 5.75 Å². The van der Waals surface area contributed by atoms with Crippen molar-refractivity contribution >= 4 is 21.9 Å². The van der Waals surface area contributed by atoms with E-state index < -0.39 is 17.4 Å². The minimum absolute atomic E-state index is 0.114. The highest BCUT2D eigenvalue weighted by Crippen LogP contribution is 2.32. The van der Waals surface area contributed by atoms with Crippen LogP contribution in [0.2, 0.25) is 0 Å². The van der Waals surface area contributed by atoms with Crippen molar-refractivity contribution in [3.63, 3.8) is 0 Å². The lowest BCUT2D eigenvalue weighted by atomic mass is 9.78. The van der Waals surface area contributed by atoms with Crippen molar-refractivity contribution in [1.82, 2.24) is 0 Å². The Kier molecular flexibility index (Phi) is 3.60. The third-order valence-electron chi connectivity index (χ3n) is 2.74. The molecule has 0 heterocycles. The van der Waals surface area contributed by atoms with E-state index in [9.17, 15) is 9.90 Å². The van der Waals surface area contributed by atoms with Crippen LogP contribution in [0.5, 0.6) is 5.75 Å². The molecule has 1 unspecified atom stereocenters. The second kappa shape index (κ2) is 4.43. The molecule has 0 aliphatic heterocycles. The number of benzene rings is 1. The first-order valence-corrected chi connectivity index (χ1v) is 5.53. The predicted octanol–water partition coefficient (Wildman–Crippen LogP) is 1.84. The molecule has 0 saturated carbocycles. The standard InChI is InChI=1S/C11H14BrNO3/c1-11(2,9(13)10(15)16)6-3-4-8(14)7(12)5-6/h3-5,9,14H,13H2,1-2H3,(H,15,16). The fourth-order valence-corrected chi connectivity index (χ4v) is 1.77. The highest BCUT2D eigenvalue weighted by Gasteiger charge is 2.33. The average Bonchev–Trinajstić information content (AvgIpc) is 2.20. The van der Waals surface area contributed by atoms with Gasteiger partial charge in [-0.05, 0) is 33.6 Å². The monoisotopic (exact) mass is 287 g/mol. The summed E-state index contributed by atoms with van der Waals surface area (Å²) in [6.45, 7) is 3.51. The lowest BCUT2D eigenvalue weighted by Crippen LogP contribution is -2.46. The molecular weight excluding hydrogens is 274 g/mol. The number of phenolic OH excluding ortho intramolecular Hbond substituents is 1. The first-order chi connectivity index (χ1) is 7.26. The zero-order valence-corrected chi connectivity index (χ0v) is 10.7. The fraction of sp³-hybridized carbons (Fsp3) is 0.364. The van der Waals surface area contributed by atoms with E-state index in [4.69, 9.17) is 10.8 Å². The van der Waals surface area contributed by atoms with E-state index in [1.165, 1.54) is 6.07 Å². The van der Waals surface area contributed by atoms with Gasteiger partial charge in [-0.25, -0.2) is 0 Å². The van der Waals surface area contributed by atoms with E-state index in [1.807, 2.05) is 0 Å². The van der Waals surface area contributed by atoms with E-state index in [0.717, 1.165) is 5.56 Å². The molecule has 16 heavy (non-hydrogen) atoms. The van der Waals surface area contributed by atoms with Gasteiger partial charge in [0.05, 0.1) is 4.47 Å². The lowest BCUT2D eigenvalue weighted by molar-refractivity contribution is -0.140. The second-order valence-electron chi connectivity index (χ2n) is 4.20. The molecular formula is C11H14BrNO3. The van der Waals surface area contributed by atoms with Gasteiger partial charge in [-0.2, -0.15) is 0 Å². The van der Waals surface area contributed by atoms with Gasteiger partial charge < -0.3 is 15.9 Å². The molecule has 0 aliphatic rings. The fourth-order valence-electron chi connectivity index (χ4n) is 1.40. The number of aliphatic carboxylic acids is 1. The van der Waals surface area contributed by atoms with E-state index in [0.29, 0.717) is 4.47 Å². The molecule has 0 saturated heterocycles. The highest BCUT2D eigenvalue weighted by atomic mass is 79.9. The SMILES string of the molecule is CC(C)(c1ccc(O)c(Br)c1)C(N)C(=O)O. The van der Waals surface area contributed by atoms with Crippen molar-refractivity contribution in [3.8, 4) is 5.75 Å². The molecule has 0 aliphatic carbocycles. The average molecular weight is 288 g/mol. The maximum absolute atomic E-state index is 10.9. The topological polar surface area (TPSA) is 83.5 Å². The summed E-state index contributed by atoms with van der Waals surface area (Å²) in [5, 5.41) is 18.3. The van der Waals surface area contributed by atoms with Gasteiger partial charge >= 0.3 is 5.97 Å². The Bertz CT molecular complexity index is 418. The Labute approximate surface area is 102 Å². The smallest absolute Gasteiger partial charge is 0.321 e. The molecule has 88 valence electrons. The second-order valence-corrected chi connectivity index (χ2v) is 5.06. The summed E-state index contributed by atoms with van der Waals surface area (Å²) in [6, 6.07) is 3.86. The van der Waals surface area contributed by atoms with Gasteiger partial charge in [0.1, 0.15) is 11.8 Å². The number of rotatable bonds is 3. The normalized spacial score (nSPS) is 13.5. The summed E-state index contributed by atoms with van der Waals surface area (Å²) in [4.78, 5) is 10.9. The van der Waals surface area contributed by atoms with E-state index in [2.05, 4.69) is 15.9 Å². The Hall–Kier alpha value is -1.07. The van der Waals surface area contributed by atoms with Gasteiger partial charge in [0.2, 0.25) is 0 Å². The van der Waals surface area contributed by atoms with Crippen molar-refractivity contribution < 1.29 is 15.0 Å². The van der Waals surface area contributed by atoms with Crippen LogP contribution in [0.15, 0.2) is 22.7 Å². The van der Waals surface area contributed by atoms with Crippen LogP contribution in [0.1, 0.15) is 19.4 Å². The van der Waals surface area contributed by atoms with Crippen LogP contribution >= 0.6 is 15.9 Å². The van der Waals surface area contributed by atoms with Gasteiger partial charge in [-0.15, -0.1) is 0 Å². The molecule has 0 aromatic heterocycles. The lowest BCUT2D eigenvalue weighted by Gasteiger charge is -2.29. The van der Waals surface area contributed by atoms with Gasteiger partial charge in [-0.3, -0.25) is 4.79 Å². The molecule has 0 spiro atoms. The number of halogens is 1. The Balaban J connectivity index is 3.16. The minimum atomic E-state index is -1.05. The molecule has 0 amide bonds. The number of nitrogens with two attached hydrogens (primary N) is 1. The first-order valence-electron chi connectivity index (χ1n) is 4.74. The number of hydrogen-bond acceptors (Lipinski definition) is 3. The van der Waals surface area contributed by atoms with Crippen LogP contribution < -0.4 is 5.73 Å². The van der Waals surface area contributed by atoms with Crippen LogP contribution in [0.3, 0.4) is 0 Å². The molecule has 0 bridgehead atoms. The number of hydrogen-bond donors (Lipinski definition) is 3. The molecule has 0 radical (unpaired) electrons. The van der Waals surface area contributed by atoms with Crippen molar-refractivity contribution in [3.05, 3.63) is 28.2 Å². The van der Waals surface area contributed by atoms with Gasteiger partial charge in [0.15, 0.2) is 0 Å². The molecule has 4 N–H and O–H groups in total. The van der Waals surface area contributed by atoms with Crippen molar-refractivity contribution in [2.45, 2.75) is 25.3 Å². The predicted molar refractivity (Wildman–Crippen MR) is 64.4 cm³/mol. The van der Waals surface area contributed by atoms with Crippen molar-refractivity contribution in [2.75, 3.05) is 0 Å². The van der Waals surface area contributed by atoms with E-state index >= 15 is 0 Å². The Morgan fingerprint density at radius 3 is 2.50 bits per heavy atom. The van der Waals surface area contributed by atoms with E-state index in [1.54, 1.807) is 26.0 Å². The van der Waals surface area contributed by atoms with Crippen LogP contribution in [-0.2, 0) is 10.2 Å². The third kappa shape index (κ3) is 2.36. The maximum Gasteiger partial charge on any atom is 0.321 e. The van der Waals surface area contributed by atoms with Crippen LogP contribution in [0.4, 0.5) is 0 Å². The number of carboxylic acid groups (broad SMARTS) is 1. The summed E-state index contributed by atoms with van der Waals surface area (Å²) < 4.78 is 0.524. The molecule has 1 atom stereocenters. The van der Waals surface area contributed by atoms with Crippen molar-refractivity contribution in [1.29, 1.82) is 0 Å². The first kappa shape index (κ1) is 13.0. The van der Waals surface area contributed by atoms with Crippen LogP contribution in [0, 0.1) is 0 Å². The highest BCUT2D eigenvalue weighted by molar-refractivity contribution is 9.10. The molecule has 1 rings (SSSR count). The molecule has 5 heteroatoms. The third-order valence-corrected chi connectivity index (χ3v) is 3.37. The number of carboxylic acids is 1. The maximum atomic E-state index is 10.9. The quantitative estimate of drug-likeness (QED) is 0.792. The zero-order chi connectivity index (χ0) is 12.5. The zero-order valence-electron chi connectivity index (χ0n) is 9.07. The van der Waals surface area contributed by atoms with Gasteiger partial charge in [-0.1, -0.05) is 19.9 Å². The number of carbonyl (C=O) groups is 1. The molecule has 1 aromatic rings. The summed E-state index contributed by atoms with van der Waals surface area (Å²) in [7, 11) is 0. The summed E-state index contributed by atoms with van der Waals surface area (Å²) in [6.07, 6.45) is 0. The summed E-state index contributed by atoms with van der Waals surface area (Å²) in [5.41, 5.74) is 5.69. The van der Waals surface area contributed by atoms with Gasteiger partial charge in [0, 0.05) is 5.41 Å². The molecule has 0 fully saturated rings. The summed E-state index contributed by atoms with van der Waals surface area (Å²) >= 11 is 3.19. The number of phenols is 1. The largest absolute Gasteiger partial charge is 0.507 e. The van der Waals surface area contributed by atoms with Gasteiger partial charge in [0.25, 0.3) is 0 Å².